The van der Waals surface area contributed by atoms with E-state index in [-0.39, 0.29) is 0 Å². The third kappa shape index (κ3) is 3.60. The summed E-state index contributed by atoms with van der Waals surface area (Å²) in [5, 5.41) is 3.63. The Balaban J connectivity index is 1.70. The third-order valence-corrected chi connectivity index (χ3v) is 3.86. The topological polar surface area (TPSA) is 17.0 Å². The highest BCUT2D eigenvalue weighted by atomic mass is 14.9. The molecule has 0 atom stereocenters. The van der Waals surface area contributed by atoms with Gasteiger partial charge in [-0.3, -0.25) is 0 Å². The van der Waals surface area contributed by atoms with Crippen LogP contribution in [0.4, 0.5) is 0 Å². The molecule has 0 aliphatic heterocycles. The minimum absolute atomic E-state index is 0.667. The molecule has 1 aromatic rings. The zero-order valence-corrected chi connectivity index (χ0v) is 11.3. The van der Waals surface area contributed by atoms with Crippen molar-refractivity contribution in [2.75, 3.05) is 6.54 Å². The Morgan fingerprint density at radius 3 is 2.76 bits per heavy atom. The summed E-state index contributed by atoms with van der Waals surface area (Å²) in [6.07, 6.45) is 11.3. The summed E-state index contributed by atoms with van der Waals surface area (Å²) in [6, 6.07) is 2.24. The lowest BCUT2D eigenvalue weighted by molar-refractivity contribution is 0.421. The summed E-state index contributed by atoms with van der Waals surface area (Å²) in [4.78, 5) is 0. The molecule has 0 unspecified atom stereocenters. The average Bonchev–Trinajstić information content (AvgIpc) is 2.92. The number of aryl methyl sites for hydroxylation is 1. The number of hydrogen-bond acceptors (Lipinski definition) is 1. The van der Waals surface area contributed by atoms with E-state index in [4.69, 9.17) is 0 Å². The molecule has 1 heterocycles. The Kier molecular flexibility index (Phi) is 4.27. The highest BCUT2D eigenvalue weighted by Crippen LogP contribution is 2.48. The number of aromatic nitrogens is 1. The maximum absolute atomic E-state index is 3.63. The van der Waals surface area contributed by atoms with Crippen molar-refractivity contribution in [3.63, 3.8) is 0 Å². The standard InChI is InChI=1S/C15H26N2/c1-3-6-15(7-8-15)13-16-11-14-5-10-17(12-14)9-4-2/h5,10,12,16H,3-4,6-9,11,13H2,1-2H3. The second kappa shape index (κ2) is 5.72. The lowest BCUT2D eigenvalue weighted by Crippen LogP contribution is -2.23. The normalized spacial score (nSPS) is 17.3. The van der Waals surface area contributed by atoms with E-state index >= 15 is 0 Å². The van der Waals surface area contributed by atoms with E-state index in [2.05, 4.69) is 42.2 Å². The van der Waals surface area contributed by atoms with Crippen LogP contribution in [-0.2, 0) is 13.1 Å². The molecule has 2 rings (SSSR count). The van der Waals surface area contributed by atoms with Gasteiger partial charge in [0.1, 0.15) is 0 Å². The molecule has 1 N–H and O–H groups in total. The Hall–Kier alpha value is -0.760. The molecule has 1 fully saturated rings. The molecule has 96 valence electrons. The van der Waals surface area contributed by atoms with Crippen LogP contribution in [-0.4, -0.2) is 11.1 Å². The molecular weight excluding hydrogens is 208 g/mol. The van der Waals surface area contributed by atoms with E-state index in [1.54, 1.807) is 0 Å². The fourth-order valence-electron chi connectivity index (χ4n) is 2.69. The van der Waals surface area contributed by atoms with Crippen molar-refractivity contribution >= 4 is 0 Å². The number of nitrogens with one attached hydrogen (secondary N) is 1. The van der Waals surface area contributed by atoms with Crippen LogP contribution in [0.2, 0.25) is 0 Å². The zero-order chi connectivity index (χ0) is 12.1. The molecule has 1 aromatic heterocycles. The number of nitrogens with zero attached hydrogens (tertiary/aromatic N) is 1. The Labute approximate surface area is 105 Å². The SMILES string of the molecule is CCCn1ccc(CNCC2(CCC)CC2)c1. The van der Waals surface area contributed by atoms with Crippen LogP contribution in [0.3, 0.4) is 0 Å². The molecule has 0 aromatic carbocycles. The Morgan fingerprint density at radius 1 is 1.29 bits per heavy atom. The van der Waals surface area contributed by atoms with Crippen LogP contribution in [0.15, 0.2) is 18.5 Å². The van der Waals surface area contributed by atoms with Gasteiger partial charge in [0.15, 0.2) is 0 Å². The molecule has 0 spiro atoms. The van der Waals surface area contributed by atoms with E-state index in [0.29, 0.717) is 5.41 Å². The van der Waals surface area contributed by atoms with Gasteiger partial charge >= 0.3 is 0 Å². The van der Waals surface area contributed by atoms with E-state index in [9.17, 15) is 0 Å². The molecule has 1 saturated carbocycles. The summed E-state index contributed by atoms with van der Waals surface area (Å²) in [5.74, 6) is 0. The minimum atomic E-state index is 0.667. The van der Waals surface area contributed by atoms with Crippen molar-refractivity contribution in [2.45, 2.75) is 59.0 Å². The summed E-state index contributed by atoms with van der Waals surface area (Å²) in [6.45, 7) is 7.90. The van der Waals surface area contributed by atoms with Gasteiger partial charge in [0.2, 0.25) is 0 Å². The zero-order valence-electron chi connectivity index (χ0n) is 11.3. The van der Waals surface area contributed by atoms with Crippen LogP contribution < -0.4 is 5.32 Å². The average molecular weight is 234 g/mol. The largest absolute Gasteiger partial charge is 0.354 e. The van der Waals surface area contributed by atoms with Crippen LogP contribution in [0, 0.1) is 5.41 Å². The van der Waals surface area contributed by atoms with Crippen molar-refractivity contribution in [1.29, 1.82) is 0 Å². The van der Waals surface area contributed by atoms with Gasteiger partial charge < -0.3 is 9.88 Å². The van der Waals surface area contributed by atoms with Gasteiger partial charge in [0.25, 0.3) is 0 Å². The van der Waals surface area contributed by atoms with Gasteiger partial charge in [0, 0.05) is 32.0 Å². The summed E-state index contributed by atoms with van der Waals surface area (Å²) in [5.41, 5.74) is 2.09. The Morgan fingerprint density at radius 2 is 2.12 bits per heavy atom. The lowest BCUT2D eigenvalue weighted by Gasteiger charge is -2.14. The van der Waals surface area contributed by atoms with Crippen LogP contribution in [0.5, 0.6) is 0 Å². The molecule has 1 aliphatic carbocycles. The molecule has 17 heavy (non-hydrogen) atoms. The maximum Gasteiger partial charge on any atom is 0.0220 e. The van der Waals surface area contributed by atoms with E-state index in [1.165, 1.54) is 44.2 Å². The highest BCUT2D eigenvalue weighted by molar-refractivity contribution is 5.10. The minimum Gasteiger partial charge on any atom is -0.354 e. The van der Waals surface area contributed by atoms with Gasteiger partial charge in [-0.25, -0.2) is 0 Å². The van der Waals surface area contributed by atoms with Gasteiger partial charge in [0.05, 0.1) is 0 Å². The molecule has 1 aliphatic rings. The molecule has 2 heteroatoms. The second-order valence-electron chi connectivity index (χ2n) is 5.61. The molecule has 0 radical (unpaired) electrons. The number of rotatable bonds is 8. The van der Waals surface area contributed by atoms with Crippen molar-refractivity contribution < 1.29 is 0 Å². The van der Waals surface area contributed by atoms with Crippen LogP contribution >= 0.6 is 0 Å². The Bertz CT molecular complexity index is 336. The van der Waals surface area contributed by atoms with Gasteiger partial charge in [-0.15, -0.1) is 0 Å². The molecule has 2 nitrogen and oxygen atoms in total. The molecular formula is C15H26N2. The van der Waals surface area contributed by atoms with E-state index in [1.807, 2.05) is 0 Å². The smallest absolute Gasteiger partial charge is 0.0220 e. The second-order valence-corrected chi connectivity index (χ2v) is 5.61. The first kappa shape index (κ1) is 12.7. The first-order valence-corrected chi connectivity index (χ1v) is 7.13. The monoisotopic (exact) mass is 234 g/mol. The highest BCUT2D eigenvalue weighted by Gasteiger charge is 2.40. The van der Waals surface area contributed by atoms with Crippen molar-refractivity contribution in [3.05, 3.63) is 24.0 Å². The van der Waals surface area contributed by atoms with Gasteiger partial charge in [-0.1, -0.05) is 20.3 Å². The maximum atomic E-state index is 3.63. The number of hydrogen-bond donors (Lipinski definition) is 1. The predicted molar refractivity (Wildman–Crippen MR) is 73.0 cm³/mol. The molecule has 0 saturated heterocycles. The van der Waals surface area contributed by atoms with Crippen molar-refractivity contribution in [1.82, 2.24) is 9.88 Å². The first-order valence-electron chi connectivity index (χ1n) is 7.13. The van der Waals surface area contributed by atoms with Crippen molar-refractivity contribution in [3.8, 4) is 0 Å². The van der Waals surface area contributed by atoms with Gasteiger partial charge in [-0.05, 0) is 42.7 Å². The fourth-order valence-corrected chi connectivity index (χ4v) is 2.69. The predicted octanol–water partition coefficient (Wildman–Crippen LogP) is 3.57. The quantitative estimate of drug-likeness (QED) is 0.727. The van der Waals surface area contributed by atoms with E-state index < -0.39 is 0 Å². The van der Waals surface area contributed by atoms with Crippen molar-refractivity contribution in [2.24, 2.45) is 5.41 Å². The summed E-state index contributed by atoms with van der Waals surface area (Å²) in [7, 11) is 0. The molecule has 0 amide bonds. The third-order valence-electron chi connectivity index (χ3n) is 3.86. The first-order chi connectivity index (χ1) is 8.28. The molecule has 0 bridgehead atoms. The fraction of sp³-hybridized carbons (Fsp3) is 0.733. The van der Waals surface area contributed by atoms with E-state index in [0.717, 1.165) is 13.1 Å². The summed E-state index contributed by atoms with van der Waals surface area (Å²) < 4.78 is 2.29. The van der Waals surface area contributed by atoms with Crippen LogP contribution in [0.1, 0.15) is 51.5 Å². The van der Waals surface area contributed by atoms with Crippen LogP contribution in [0.25, 0.3) is 0 Å². The summed E-state index contributed by atoms with van der Waals surface area (Å²) >= 11 is 0. The van der Waals surface area contributed by atoms with Gasteiger partial charge in [-0.2, -0.15) is 0 Å². The lowest BCUT2D eigenvalue weighted by atomic mass is 10.0.